The summed E-state index contributed by atoms with van der Waals surface area (Å²) in [6, 6.07) is -5.44. The second-order valence-corrected chi connectivity index (χ2v) is 23.5. The van der Waals surface area contributed by atoms with Gasteiger partial charge in [-0.2, -0.15) is 0 Å². The third-order valence-electron chi connectivity index (χ3n) is 17.1. The molecule has 83 heavy (non-hydrogen) atoms. The van der Waals surface area contributed by atoms with Gasteiger partial charge in [0.1, 0.15) is 85.5 Å². The van der Waals surface area contributed by atoms with Gasteiger partial charge in [-0.05, 0) is 26.7 Å². The topological polar surface area (TPSA) is 593 Å². The van der Waals surface area contributed by atoms with E-state index in [1.165, 1.54) is 0 Å². The molecule has 8 aliphatic rings. The zero-order valence-corrected chi connectivity index (χ0v) is 47.1. The summed E-state index contributed by atoms with van der Waals surface area (Å²) in [6.45, 7) is 5.36. The van der Waals surface area contributed by atoms with E-state index in [1.807, 2.05) is 0 Å². The predicted molar refractivity (Wildman–Crippen MR) is 284 cm³/mol. The number of nitrogens with two attached hydrogens (primary N) is 10. The first-order valence-corrected chi connectivity index (χ1v) is 28.5. The quantitative estimate of drug-likeness (QED) is 0.0567. The van der Waals surface area contributed by atoms with E-state index in [1.54, 1.807) is 39.8 Å². The van der Waals surface area contributed by atoms with Crippen LogP contribution in [0.4, 0.5) is 0 Å². The molecule has 33 nitrogen and oxygen atoms in total. The lowest BCUT2D eigenvalue weighted by Gasteiger charge is -2.46. The highest BCUT2D eigenvalue weighted by molar-refractivity contribution is 5.07. The van der Waals surface area contributed by atoms with Gasteiger partial charge in [0, 0.05) is 67.6 Å². The van der Waals surface area contributed by atoms with Gasteiger partial charge in [-0.25, -0.2) is 0 Å². The molecule has 0 aromatic rings. The van der Waals surface area contributed by atoms with Crippen molar-refractivity contribution in [1.82, 2.24) is 0 Å². The van der Waals surface area contributed by atoms with Crippen LogP contribution in [-0.2, 0) is 56.8 Å². The largest absolute Gasteiger partial charge is 0.394 e. The molecule has 37 unspecified atom stereocenters. The maximum absolute atomic E-state index is 11.2. The summed E-state index contributed by atoms with van der Waals surface area (Å²) in [5.41, 5.74) is 60.6. The number of aliphatic hydroxyl groups excluding tert-OH is 11. The smallest absolute Gasteiger partial charge is 0.187 e. The summed E-state index contributed by atoms with van der Waals surface area (Å²) in [6.07, 6.45) is -26.5. The Morgan fingerprint density at radius 3 is 1.22 bits per heavy atom. The van der Waals surface area contributed by atoms with E-state index >= 15 is 0 Å². The highest BCUT2D eigenvalue weighted by Crippen LogP contribution is 2.38. The lowest BCUT2D eigenvalue weighted by Crippen LogP contribution is -2.66. The molecule has 6 heterocycles. The van der Waals surface area contributed by atoms with Crippen LogP contribution < -0.4 is 57.3 Å². The SMILES string of the molecule is CC(N)C1C=CC(N)C(OC2C(N)CC(N)C(O)C2OC2OC(CO)C(OC3OC(CN)C(O)C(O)C3C)C2O)O1.CC(N)C1CC(O)C(N)C(OC2C(N)CC(N)C(O)C2OC2OC(CO)C(OC3OC(CN)C(O)C(O)C3C)C2O)O1. The molecule has 6 aliphatic heterocycles. The van der Waals surface area contributed by atoms with Crippen LogP contribution in [-0.4, -0.2) is 297 Å². The zero-order chi connectivity index (χ0) is 61.2. The Kier molecular flexibility index (Phi) is 24.8. The molecule has 8 rings (SSSR count). The normalized spacial score (nSPS) is 52.2. The second kappa shape index (κ2) is 29.8. The van der Waals surface area contributed by atoms with Crippen molar-refractivity contribution in [1.29, 1.82) is 0 Å². The Balaban J connectivity index is 0.000000239. The summed E-state index contributed by atoms with van der Waals surface area (Å²) in [5.74, 6) is -1.43. The molecule has 0 aromatic heterocycles. The maximum Gasteiger partial charge on any atom is 0.187 e. The Morgan fingerprint density at radius 1 is 0.422 bits per heavy atom. The van der Waals surface area contributed by atoms with Crippen molar-refractivity contribution in [2.75, 3.05) is 26.3 Å². The molecule has 0 bridgehead atoms. The Labute approximate surface area is 480 Å². The zero-order valence-electron chi connectivity index (χ0n) is 47.1. The number of aliphatic hydroxyl groups is 11. The van der Waals surface area contributed by atoms with Crippen molar-refractivity contribution < 1.29 is 113 Å². The van der Waals surface area contributed by atoms with Gasteiger partial charge in [0.25, 0.3) is 0 Å². The molecule has 0 spiro atoms. The summed E-state index contributed by atoms with van der Waals surface area (Å²) in [7, 11) is 0. The van der Waals surface area contributed by atoms with Gasteiger partial charge >= 0.3 is 0 Å². The van der Waals surface area contributed by atoms with E-state index in [9.17, 15) is 56.2 Å². The van der Waals surface area contributed by atoms with Crippen LogP contribution in [0.5, 0.6) is 0 Å². The Hall–Kier alpha value is -1.58. The van der Waals surface area contributed by atoms with E-state index in [-0.39, 0.29) is 38.4 Å². The molecule has 5 saturated heterocycles. The van der Waals surface area contributed by atoms with Crippen molar-refractivity contribution in [2.45, 2.75) is 261 Å². The van der Waals surface area contributed by atoms with Crippen molar-refractivity contribution >= 4 is 0 Å². The fourth-order valence-corrected chi connectivity index (χ4v) is 11.6. The van der Waals surface area contributed by atoms with Crippen LogP contribution in [0.1, 0.15) is 47.0 Å². The third-order valence-corrected chi connectivity index (χ3v) is 17.1. The minimum Gasteiger partial charge on any atom is -0.394 e. The third kappa shape index (κ3) is 15.4. The van der Waals surface area contributed by atoms with E-state index in [0.29, 0.717) is 0 Å². The first-order valence-electron chi connectivity index (χ1n) is 28.5. The van der Waals surface area contributed by atoms with Gasteiger partial charge in [-0.1, -0.05) is 26.0 Å². The molecule has 2 aliphatic carbocycles. The lowest BCUT2D eigenvalue weighted by atomic mass is 9.84. The van der Waals surface area contributed by atoms with Crippen LogP contribution in [0.25, 0.3) is 0 Å². The predicted octanol–water partition coefficient (Wildman–Crippen LogP) is -11.5. The van der Waals surface area contributed by atoms with Crippen molar-refractivity contribution in [2.24, 2.45) is 69.2 Å². The summed E-state index contributed by atoms with van der Waals surface area (Å²) >= 11 is 0. The monoisotopic (exact) mass is 1200 g/mol. The van der Waals surface area contributed by atoms with Crippen LogP contribution in [0.15, 0.2) is 12.2 Å². The second-order valence-electron chi connectivity index (χ2n) is 23.5. The molecule has 0 amide bonds. The molecular weight excluding hydrogens is 1110 g/mol. The van der Waals surface area contributed by atoms with Crippen molar-refractivity contribution in [3.8, 4) is 0 Å². The van der Waals surface area contributed by atoms with Crippen molar-refractivity contribution in [3.05, 3.63) is 12.2 Å². The average Bonchev–Trinajstić information content (AvgIpc) is 4.21. The minimum absolute atomic E-state index is 0.0831. The lowest BCUT2D eigenvalue weighted by molar-refractivity contribution is -0.299. The van der Waals surface area contributed by atoms with E-state index in [0.717, 1.165) is 0 Å². The van der Waals surface area contributed by atoms with Crippen molar-refractivity contribution in [3.63, 3.8) is 0 Å². The average molecular weight is 1210 g/mol. The van der Waals surface area contributed by atoms with Gasteiger partial charge in [-0.15, -0.1) is 0 Å². The van der Waals surface area contributed by atoms with Gasteiger partial charge in [0.05, 0.1) is 68.0 Å². The maximum atomic E-state index is 11.2. The molecule has 2 saturated carbocycles. The molecule has 33 heteroatoms. The molecule has 0 radical (unpaired) electrons. The summed E-state index contributed by atoms with van der Waals surface area (Å²) < 4.78 is 71.1. The fraction of sp³-hybridized carbons (Fsp3) is 0.960. The van der Waals surface area contributed by atoms with Crippen LogP contribution in [0.2, 0.25) is 0 Å². The van der Waals surface area contributed by atoms with Crippen LogP contribution >= 0.6 is 0 Å². The summed E-state index contributed by atoms with van der Waals surface area (Å²) in [5, 5.41) is 116. The highest BCUT2D eigenvalue weighted by atomic mass is 16.8. The molecule has 0 aromatic carbocycles. The van der Waals surface area contributed by atoms with E-state index in [4.69, 9.17) is 114 Å². The first kappa shape index (κ1) is 68.9. The summed E-state index contributed by atoms with van der Waals surface area (Å²) in [4.78, 5) is 0. The number of ether oxygens (including phenoxy) is 12. The number of hydrogen-bond donors (Lipinski definition) is 21. The van der Waals surface area contributed by atoms with Gasteiger partial charge < -0.3 is 170 Å². The Bertz CT molecular complexity index is 2010. The fourth-order valence-electron chi connectivity index (χ4n) is 11.6. The van der Waals surface area contributed by atoms with Gasteiger partial charge in [0.2, 0.25) is 0 Å². The number of hydrogen-bond acceptors (Lipinski definition) is 33. The highest BCUT2D eigenvalue weighted by Gasteiger charge is 2.56. The molecule has 31 N–H and O–H groups in total. The van der Waals surface area contributed by atoms with Crippen LogP contribution in [0.3, 0.4) is 0 Å². The molecule has 484 valence electrons. The molecule has 37 atom stereocenters. The molecular formula is C50H96N10O23. The van der Waals surface area contributed by atoms with E-state index in [2.05, 4.69) is 0 Å². The first-order chi connectivity index (χ1) is 39.1. The van der Waals surface area contributed by atoms with Crippen LogP contribution in [0, 0.1) is 11.8 Å². The minimum atomic E-state index is -1.52. The molecule has 7 fully saturated rings. The van der Waals surface area contributed by atoms with Gasteiger partial charge in [-0.3, -0.25) is 0 Å². The Morgan fingerprint density at radius 2 is 0.819 bits per heavy atom. The number of rotatable bonds is 18. The van der Waals surface area contributed by atoms with Gasteiger partial charge in [0.15, 0.2) is 37.7 Å². The standard InChI is InChI=1S/C25H49N5O12.C25H47N5O11/c1-7-16(33)18(35)13(5-26)38-23(7)41-21-14(6-31)39-25(19(21)36)42-22-17(34)9(28)3-10(29)20(22)40-24-15(30)11(32)4-12(37-24)8(2)27;1-8-16(32)18(34)14(6-26)37-23(8)40-21-15(7-31)38-25(19(21)35)41-22-17(33)11(29)5-12(30)20(22)39-24-10(28)3-4-13(36-24)9(2)27/h7-25,31-36H,3-6,26-30H2,1-2H3;3-4,8-25,31-35H,5-7,26-30H2,1-2H3. The van der Waals surface area contributed by atoms with E-state index < -0.39 is 233 Å².